The van der Waals surface area contributed by atoms with E-state index in [9.17, 15) is 4.79 Å². The van der Waals surface area contributed by atoms with Crippen molar-refractivity contribution in [2.75, 3.05) is 5.75 Å². The lowest BCUT2D eigenvalue weighted by molar-refractivity contribution is -0.136. The predicted molar refractivity (Wildman–Crippen MR) is 49.2 cm³/mol. The fraction of sp³-hybridized carbons (Fsp3) is 0.500. The van der Waals surface area contributed by atoms with E-state index < -0.39 is 5.97 Å². The zero-order valence-electron chi connectivity index (χ0n) is 5.90. The molecule has 0 aromatic carbocycles. The van der Waals surface area contributed by atoms with Gasteiger partial charge in [-0.3, -0.25) is 10.5 Å². The Morgan fingerprint density at radius 2 is 2.55 bits per heavy atom. The molecule has 2 atom stereocenters. The van der Waals surface area contributed by atoms with Gasteiger partial charge in [-0.25, -0.2) is 0 Å². The Kier molecular flexibility index (Phi) is 3.29. The van der Waals surface area contributed by atoms with Gasteiger partial charge >= 0.3 is 5.97 Å². The van der Waals surface area contributed by atoms with Gasteiger partial charge in [0.15, 0.2) is 5.37 Å². The highest BCUT2D eigenvalue weighted by Crippen LogP contribution is 2.28. The van der Waals surface area contributed by atoms with Gasteiger partial charge in [0.05, 0.1) is 16.3 Å². The van der Waals surface area contributed by atoms with Gasteiger partial charge in [0.25, 0.3) is 0 Å². The van der Waals surface area contributed by atoms with Gasteiger partial charge < -0.3 is 5.11 Å². The molecule has 0 aromatic rings. The molecule has 1 rings (SSSR count). The molecule has 2 unspecified atom stereocenters. The predicted octanol–water partition coefficient (Wildman–Crippen LogP) is 0.540. The van der Waals surface area contributed by atoms with E-state index in [1.165, 1.54) is 0 Å². The van der Waals surface area contributed by atoms with Crippen molar-refractivity contribution in [3.05, 3.63) is 11.5 Å². The monoisotopic (exact) mass is 192 g/mol. The third-order valence-corrected chi connectivity index (χ3v) is 5.40. The smallest absolute Gasteiger partial charge is 0.308 e. The molecule has 1 aliphatic rings. The van der Waals surface area contributed by atoms with Gasteiger partial charge in [-0.15, -0.1) is 0 Å². The number of carbonyl (C=O) groups is 1. The van der Waals surface area contributed by atoms with Crippen molar-refractivity contribution in [1.29, 1.82) is 0 Å². The molecular formula is C6H10NO2S2+. The molecule has 3 N–H and O–H groups in total. The quantitative estimate of drug-likeness (QED) is 0.506. The van der Waals surface area contributed by atoms with E-state index in [2.05, 4.69) is 0 Å². The molecule has 5 heteroatoms. The van der Waals surface area contributed by atoms with Gasteiger partial charge in [-0.1, -0.05) is 0 Å². The zero-order valence-corrected chi connectivity index (χ0v) is 7.53. The Morgan fingerprint density at radius 1 is 1.82 bits per heavy atom. The highest BCUT2D eigenvalue weighted by atomic mass is 33.1. The topological polar surface area (TPSA) is 63.3 Å². The Morgan fingerprint density at radius 3 is 3.00 bits per heavy atom. The standard InChI is InChI=1S/C6H9NO2S2/c7-5-1-3-10-11(5)4-2-6(8)9/h1,3,5H,2,4,7H2/p+1. The van der Waals surface area contributed by atoms with Crippen molar-refractivity contribution < 1.29 is 9.90 Å². The first-order valence-corrected chi connectivity index (χ1v) is 6.06. The van der Waals surface area contributed by atoms with Crippen LogP contribution in [0, 0.1) is 0 Å². The van der Waals surface area contributed by atoms with Crippen LogP contribution < -0.4 is 5.73 Å². The van der Waals surface area contributed by atoms with E-state index in [4.69, 9.17) is 10.8 Å². The molecule has 62 valence electrons. The molecule has 0 radical (unpaired) electrons. The lowest BCUT2D eigenvalue weighted by Gasteiger charge is -2.00. The van der Waals surface area contributed by atoms with Crippen LogP contribution in [-0.4, -0.2) is 22.2 Å². The van der Waals surface area contributed by atoms with Gasteiger partial charge in [0.1, 0.15) is 16.5 Å². The molecule has 11 heavy (non-hydrogen) atoms. The molecule has 3 nitrogen and oxygen atoms in total. The number of hydrogen-bond acceptors (Lipinski definition) is 3. The third kappa shape index (κ3) is 2.76. The molecule has 0 saturated carbocycles. The molecule has 0 amide bonds. The molecule has 1 aliphatic heterocycles. The van der Waals surface area contributed by atoms with Crippen LogP contribution in [-0.2, 0) is 14.7 Å². The minimum absolute atomic E-state index is 0.00988. The second-order valence-electron chi connectivity index (χ2n) is 2.12. The van der Waals surface area contributed by atoms with Crippen LogP contribution in [0.1, 0.15) is 6.42 Å². The molecule has 0 aromatic heterocycles. The number of hydrogen-bond donors (Lipinski definition) is 2. The van der Waals surface area contributed by atoms with E-state index in [1.807, 2.05) is 11.5 Å². The van der Waals surface area contributed by atoms with Crippen molar-refractivity contribution in [3.63, 3.8) is 0 Å². The summed E-state index contributed by atoms with van der Waals surface area (Å²) in [5, 5.41) is 10.4. The lowest BCUT2D eigenvalue weighted by atomic mass is 10.5. The Labute approximate surface area is 71.8 Å². The average molecular weight is 192 g/mol. The number of aliphatic carboxylic acids is 1. The maximum absolute atomic E-state index is 10.2. The normalized spacial score (nSPS) is 29.2. The molecule has 1 heterocycles. The van der Waals surface area contributed by atoms with Crippen LogP contribution in [0.4, 0.5) is 0 Å². The first kappa shape index (κ1) is 8.96. The van der Waals surface area contributed by atoms with E-state index in [-0.39, 0.29) is 21.7 Å². The van der Waals surface area contributed by atoms with Gasteiger partial charge in [0.2, 0.25) is 0 Å². The highest BCUT2D eigenvalue weighted by Gasteiger charge is 2.31. The number of carboxylic acid groups (broad SMARTS) is 1. The van der Waals surface area contributed by atoms with E-state index in [0.29, 0.717) is 5.75 Å². The summed E-state index contributed by atoms with van der Waals surface area (Å²) >= 11 is 0. The lowest BCUT2D eigenvalue weighted by Crippen LogP contribution is -2.26. The summed E-state index contributed by atoms with van der Waals surface area (Å²) < 4.78 is 0. The van der Waals surface area contributed by atoms with Gasteiger partial charge in [-0.05, 0) is 6.08 Å². The van der Waals surface area contributed by atoms with Gasteiger partial charge in [-0.2, -0.15) is 0 Å². The zero-order chi connectivity index (χ0) is 8.27. The SMILES string of the molecule is NC1C=CS[S+]1CCC(=O)O. The highest BCUT2D eigenvalue weighted by molar-refractivity contribution is 8.76. The molecular weight excluding hydrogens is 182 g/mol. The molecule has 0 bridgehead atoms. The second-order valence-corrected chi connectivity index (χ2v) is 6.16. The van der Waals surface area contributed by atoms with E-state index >= 15 is 0 Å². The summed E-state index contributed by atoms with van der Waals surface area (Å²) in [5.74, 6) is -0.0500. The number of nitrogens with two attached hydrogens (primary N) is 1. The molecule has 0 fully saturated rings. The Hall–Kier alpha value is -0.130. The van der Waals surface area contributed by atoms with Gasteiger partial charge in [0, 0.05) is 5.41 Å². The van der Waals surface area contributed by atoms with Crippen LogP contribution in [0.15, 0.2) is 11.5 Å². The van der Waals surface area contributed by atoms with Crippen molar-refractivity contribution in [3.8, 4) is 0 Å². The third-order valence-electron chi connectivity index (χ3n) is 1.27. The van der Waals surface area contributed by atoms with E-state index in [0.717, 1.165) is 0 Å². The summed E-state index contributed by atoms with van der Waals surface area (Å²) in [6, 6.07) is 0. The minimum atomic E-state index is -0.739. The van der Waals surface area contributed by atoms with Crippen molar-refractivity contribution in [1.82, 2.24) is 0 Å². The summed E-state index contributed by atoms with van der Waals surface area (Å²) in [6.07, 6.45) is 2.15. The summed E-state index contributed by atoms with van der Waals surface area (Å²) in [4.78, 5) is 10.2. The maximum Gasteiger partial charge on any atom is 0.308 e. The van der Waals surface area contributed by atoms with Crippen LogP contribution in [0.2, 0.25) is 0 Å². The number of carboxylic acids is 1. The van der Waals surface area contributed by atoms with Crippen molar-refractivity contribution >= 4 is 26.7 Å². The van der Waals surface area contributed by atoms with Crippen LogP contribution in [0.5, 0.6) is 0 Å². The first-order chi connectivity index (χ1) is 5.20. The largest absolute Gasteiger partial charge is 0.481 e. The Bertz CT molecular complexity index is 183. The fourth-order valence-corrected chi connectivity index (χ4v) is 4.04. The average Bonchev–Trinajstić information content (AvgIpc) is 2.31. The molecule has 0 saturated heterocycles. The summed E-state index contributed by atoms with van der Waals surface area (Å²) in [6.45, 7) is 0. The number of rotatable bonds is 3. The van der Waals surface area contributed by atoms with Crippen LogP contribution in [0.25, 0.3) is 0 Å². The van der Waals surface area contributed by atoms with Crippen LogP contribution in [0.3, 0.4) is 0 Å². The van der Waals surface area contributed by atoms with E-state index in [1.54, 1.807) is 10.8 Å². The van der Waals surface area contributed by atoms with Crippen LogP contribution >= 0.6 is 10.8 Å². The van der Waals surface area contributed by atoms with Crippen molar-refractivity contribution in [2.24, 2.45) is 5.73 Å². The molecule has 0 aliphatic carbocycles. The summed E-state index contributed by atoms with van der Waals surface area (Å²) in [5.41, 5.74) is 5.68. The van der Waals surface area contributed by atoms with Crippen molar-refractivity contribution in [2.45, 2.75) is 11.8 Å². The maximum atomic E-state index is 10.2. The summed E-state index contributed by atoms with van der Waals surface area (Å²) in [7, 11) is 1.66. The second kappa shape index (κ2) is 4.04. The fourth-order valence-electron chi connectivity index (χ4n) is 0.705. The minimum Gasteiger partial charge on any atom is -0.481 e. The molecule has 0 spiro atoms. The first-order valence-electron chi connectivity index (χ1n) is 3.21. The Balaban J connectivity index is 2.23.